The van der Waals surface area contributed by atoms with E-state index in [1.807, 2.05) is 33.3 Å². The molecule has 0 rings (SSSR count). The van der Waals surface area contributed by atoms with E-state index in [2.05, 4.69) is 148 Å². The maximum atomic E-state index is 13.6. The van der Waals surface area contributed by atoms with Crippen LogP contribution in [0.25, 0.3) is 0 Å². The lowest BCUT2D eigenvalue weighted by Crippen LogP contribution is -2.47. The highest BCUT2D eigenvalue weighted by molar-refractivity contribution is 7.45. The fourth-order valence-corrected chi connectivity index (χ4v) is 9.47. The topological polar surface area (TPSA) is 114 Å². The molecule has 3 unspecified atom stereocenters. The number of unbranched alkanes of at least 4 members (excludes halogenated alkanes) is 22. The van der Waals surface area contributed by atoms with Crippen molar-refractivity contribution in [3.8, 4) is 0 Å². The molecule has 0 aliphatic carbocycles. The van der Waals surface area contributed by atoms with E-state index in [1.54, 1.807) is 0 Å². The second kappa shape index (κ2) is 60.3. The van der Waals surface area contributed by atoms with Gasteiger partial charge >= 0.3 is 5.97 Å². The SMILES string of the molecule is CC/C=C\C/C=C\C/C=C\C/C=C\C/C=C\C/C=C\CCCCCCC(=O)OC(/C=C/CCCCCCCCCCCC)C(COP(=O)([O-])OCC[N+](C)(C)C)NC(=O)CCCCCCC/C=C\C/C=C\C/C=C\C/C=C\CCCCC. The Labute approximate surface area is 505 Å². The van der Waals surface area contributed by atoms with Gasteiger partial charge in [-0.15, -0.1) is 0 Å². The van der Waals surface area contributed by atoms with Crippen LogP contribution < -0.4 is 10.2 Å². The number of carbonyl (C=O) groups is 2. The maximum absolute atomic E-state index is 13.6. The molecule has 0 aliphatic rings. The Balaban J connectivity index is 5.30. The molecule has 1 amide bonds. The number of hydrogen-bond acceptors (Lipinski definition) is 7. The number of phosphoric ester groups is 1. The fourth-order valence-electron chi connectivity index (χ4n) is 8.74. The highest BCUT2D eigenvalue weighted by Crippen LogP contribution is 2.38. The Bertz CT molecular complexity index is 1860. The van der Waals surface area contributed by atoms with Gasteiger partial charge in [-0.25, -0.2) is 0 Å². The molecule has 0 radical (unpaired) electrons. The molecule has 0 aromatic rings. The van der Waals surface area contributed by atoms with Crippen LogP contribution in [-0.4, -0.2) is 69.4 Å². The average molecular weight is 1160 g/mol. The van der Waals surface area contributed by atoms with E-state index in [0.29, 0.717) is 23.9 Å². The van der Waals surface area contributed by atoms with Crippen LogP contribution in [0.3, 0.4) is 0 Å². The first-order valence-electron chi connectivity index (χ1n) is 33.0. The van der Waals surface area contributed by atoms with Crippen molar-refractivity contribution in [2.24, 2.45) is 0 Å². The quantitative estimate of drug-likeness (QED) is 0.0212. The first-order valence-corrected chi connectivity index (χ1v) is 34.5. The molecule has 0 saturated heterocycles. The molecular weight excluding hydrogens is 1040 g/mol. The second-order valence-corrected chi connectivity index (χ2v) is 24.3. The van der Waals surface area contributed by atoms with Crippen LogP contribution in [0.5, 0.6) is 0 Å². The number of nitrogens with zero attached hydrogens (tertiary/aromatic N) is 1. The molecule has 0 spiro atoms. The summed E-state index contributed by atoms with van der Waals surface area (Å²) in [6.45, 7) is 6.66. The summed E-state index contributed by atoms with van der Waals surface area (Å²) in [7, 11) is 1.14. The third kappa shape index (κ3) is 60.7. The fraction of sp³-hybridized carbons (Fsp3) is 0.667. The number of likely N-dealkylation sites (N-methyl/N-ethyl adjacent to an activating group) is 1. The highest BCUT2D eigenvalue weighted by atomic mass is 31.2. The second-order valence-electron chi connectivity index (χ2n) is 22.9. The predicted molar refractivity (Wildman–Crippen MR) is 353 cm³/mol. The molecule has 82 heavy (non-hydrogen) atoms. The van der Waals surface area contributed by atoms with Gasteiger partial charge in [-0.1, -0.05) is 251 Å². The van der Waals surface area contributed by atoms with Gasteiger partial charge in [0.05, 0.1) is 33.8 Å². The number of hydrogen-bond donors (Lipinski definition) is 1. The van der Waals surface area contributed by atoms with Crippen molar-refractivity contribution in [1.29, 1.82) is 0 Å². The van der Waals surface area contributed by atoms with Crippen molar-refractivity contribution in [2.45, 2.75) is 270 Å². The number of carbonyl (C=O) groups excluding carboxylic acids is 2. The van der Waals surface area contributed by atoms with Gasteiger partial charge in [0.2, 0.25) is 5.91 Å². The normalized spacial score (nSPS) is 14.5. The number of ether oxygens (including phenoxy) is 1. The standard InChI is InChI=1S/C72H123N2O7P/c1-7-10-13-16-19-22-25-28-30-32-34-36-37-39-41-43-45-47-50-53-56-59-62-65-72(76)81-70(63-60-57-54-51-48-27-24-21-18-15-12-9-3)69(68-80-82(77,78)79-67-66-74(4,5)6)73-71(75)64-61-58-55-52-49-46-44-42-40-38-35-33-31-29-26-23-20-17-14-11-8-2/h10,13,19-20,22-23,28-31,34-36,38-39,41-42,44-45,47,60,63,69-70H,7-9,11-12,14-18,21,24-27,32-33,37,40,43,46,48-59,61-62,64-68H2,1-6H3,(H-,73,75,77,78)/b13-10-,22-19-,23-20-,30-28-,31-29-,36-34-,38-35-,41-39-,44-42-,47-45-,63-60+. The van der Waals surface area contributed by atoms with Crippen LogP contribution in [0.2, 0.25) is 0 Å². The van der Waals surface area contributed by atoms with Gasteiger partial charge in [-0.05, 0) is 128 Å². The molecular formula is C72H123N2O7P. The monoisotopic (exact) mass is 1160 g/mol. The largest absolute Gasteiger partial charge is 0.756 e. The van der Waals surface area contributed by atoms with Crippen molar-refractivity contribution in [3.05, 3.63) is 134 Å². The summed E-state index contributed by atoms with van der Waals surface area (Å²) >= 11 is 0. The van der Waals surface area contributed by atoms with Gasteiger partial charge in [0.25, 0.3) is 7.82 Å². The number of phosphoric acid groups is 1. The molecule has 1 N–H and O–H groups in total. The lowest BCUT2D eigenvalue weighted by Gasteiger charge is -2.30. The highest BCUT2D eigenvalue weighted by Gasteiger charge is 2.27. The third-order valence-electron chi connectivity index (χ3n) is 13.8. The molecule has 468 valence electrons. The zero-order valence-corrected chi connectivity index (χ0v) is 54.3. The third-order valence-corrected chi connectivity index (χ3v) is 14.8. The van der Waals surface area contributed by atoms with Crippen molar-refractivity contribution in [3.63, 3.8) is 0 Å². The summed E-state index contributed by atoms with van der Waals surface area (Å²) < 4.78 is 30.3. The summed E-state index contributed by atoms with van der Waals surface area (Å²) in [4.78, 5) is 40.1. The van der Waals surface area contributed by atoms with E-state index in [-0.39, 0.29) is 31.3 Å². The Morgan fingerprint density at radius 2 is 0.780 bits per heavy atom. The first kappa shape index (κ1) is 78.1. The molecule has 3 atom stereocenters. The summed E-state index contributed by atoms with van der Waals surface area (Å²) in [5, 5.41) is 3.01. The Kier molecular flexibility index (Phi) is 57.4. The van der Waals surface area contributed by atoms with Crippen molar-refractivity contribution in [1.82, 2.24) is 5.32 Å². The zero-order valence-electron chi connectivity index (χ0n) is 53.4. The molecule has 0 bridgehead atoms. The number of quaternary nitrogens is 1. The smallest absolute Gasteiger partial charge is 0.306 e. The average Bonchev–Trinajstić information content (AvgIpc) is 3.44. The van der Waals surface area contributed by atoms with Crippen molar-refractivity contribution in [2.75, 3.05) is 40.9 Å². The lowest BCUT2D eigenvalue weighted by molar-refractivity contribution is -0.870. The summed E-state index contributed by atoms with van der Waals surface area (Å²) in [5.41, 5.74) is 0. The number of allylic oxidation sites excluding steroid dienone is 21. The predicted octanol–water partition coefficient (Wildman–Crippen LogP) is 20.2. The molecule has 0 aromatic carbocycles. The summed E-state index contributed by atoms with van der Waals surface area (Å²) in [6.07, 6.45) is 85.6. The van der Waals surface area contributed by atoms with Crippen molar-refractivity contribution < 1.29 is 37.3 Å². The number of rotatable bonds is 58. The van der Waals surface area contributed by atoms with Crippen LogP contribution in [0.1, 0.15) is 258 Å². The van der Waals surface area contributed by atoms with E-state index in [1.165, 1.54) is 77.0 Å². The lowest BCUT2D eigenvalue weighted by atomic mass is 10.0. The molecule has 0 aromatic heterocycles. The minimum absolute atomic E-state index is 0.0383. The zero-order chi connectivity index (χ0) is 60.0. The van der Waals surface area contributed by atoms with Crippen molar-refractivity contribution >= 4 is 19.7 Å². The number of esters is 1. The number of nitrogens with one attached hydrogen (secondary N) is 1. The van der Waals surface area contributed by atoms with E-state index < -0.39 is 26.6 Å². The van der Waals surface area contributed by atoms with Crippen LogP contribution in [0.15, 0.2) is 134 Å². The molecule has 0 heterocycles. The molecule has 0 aliphatic heterocycles. The van der Waals surface area contributed by atoms with E-state index in [9.17, 15) is 19.0 Å². The summed E-state index contributed by atoms with van der Waals surface area (Å²) in [6, 6.07) is -0.920. The van der Waals surface area contributed by atoms with E-state index in [4.69, 9.17) is 13.8 Å². The Morgan fingerprint density at radius 1 is 0.439 bits per heavy atom. The van der Waals surface area contributed by atoms with Crippen LogP contribution in [-0.2, 0) is 27.9 Å². The van der Waals surface area contributed by atoms with E-state index >= 15 is 0 Å². The minimum atomic E-state index is -4.72. The van der Waals surface area contributed by atoms with Gasteiger partial charge in [0, 0.05) is 12.8 Å². The van der Waals surface area contributed by atoms with Crippen LogP contribution in [0.4, 0.5) is 0 Å². The van der Waals surface area contributed by atoms with Gasteiger partial charge < -0.3 is 28.5 Å². The summed E-state index contributed by atoms with van der Waals surface area (Å²) in [5.74, 6) is -0.599. The Hall–Kier alpha value is -3.85. The van der Waals surface area contributed by atoms with Crippen LogP contribution >= 0.6 is 7.82 Å². The van der Waals surface area contributed by atoms with Gasteiger partial charge in [-0.3, -0.25) is 14.2 Å². The Morgan fingerprint density at radius 3 is 1.20 bits per heavy atom. The maximum Gasteiger partial charge on any atom is 0.306 e. The molecule has 0 saturated carbocycles. The number of amides is 1. The van der Waals surface area contributed by atoms with E-state index in [0.717, 1.165) is 135 Å². The molecule has 10 heteroatoms. The molecule has 9 nitrogen and oxygen atoms in total. The van der Waals surface area contributed by atoms with Gasteiger partial charge in [0.15, 0.2) is 0 Å². The molecule has 0 fully saturated rings. The minimum Gasteiger partial charge on any atom is -0.756 e. The van der Waals surface area contributed by atoms with Crippen LogP contribution in [0, 0.1) is 0 Å². The van der Waals surface area contributed by atoms with Gasteiger partial charge in [0.1, 0.15) is 19.3 Å². The first-order chi connectivity index (χ1) is 39.9. The van der Waals surface area contributed by atoms with Gasteiger partial charge in [-0.2, -0.15) is 0 Å².